The molecule has 0 bridgehead atoms. The van der Waals surface area contributed by atoms with Gasteiger partial charge in [-0.05, 0) is 31.5 Å². The lowest BCUT2D eigenvalue weighted by Crippen LogP contribution is -2.53. The van der Waals surface area contributed by atoms with E-state index in [0.717, 1.165) is 50.1 Å². The number of hydrogen-bond donors (Lipinski definition) is 1. The number of aryl methyl sites for hydroxylation is 2. The van der Waals surface area contributed by atoms with Crippen LogP contribution in [0.15, 0.2) is 29.4 Å². The van der Waals surface area contributed by atoms with Crippen LogP contribution in [0.4, 0.5) is 5.69 Å². The van der Waals surface area contributed by atoms with Crippen molar-refractivity contribution in [3.63, 3.8) is 0 Å². The van der Waals surface area contributed by atoms with Crippen molar-refractivity contribution in [2.24, 2.45) is 4.99 Å². The highest BCUT2D eigenvalue weighted by molar-refractivity contribution is 7.11. The van der Waals surface area contributed by atoms with E-state index in [0.29, 0.717) is 0 Å². The Balaban J connectivity index is 1.51. The SMILES string of the molecule is CN=C(NCCc1ncc(C)s1)N1CCN(c2cc(Cl)ccc2C)CC1. The first-order valence-corrected chi connectivity index (χ1v) is 10.1. The number of benzene rings is 1. The predicted octanol–water partition coefficient (Wildman–Crippen LogP) is 3.35. The number of nitrogens with one attached hydrogen (secondary N) is 1. The molecule has 1 aliphatic rings. The van der Waals surface area contributed by atoms with Crippen molar-refractivity contribution in [1.82, 2.24) is 15.2 Å². The number of aromatic nitrogens is 1. The third-order valence-corrected chi connectivity index (χ3v) is 5.80. The third kappa shape index (κ3) is 4.68. The van der Waals surface area contributed by atoms with E-state index < -0.39 is 0 Å². The summed E-state index contributed by atoms with van der Waals surface area (Å²) in [5.41, 5.74) is 2.50. The molecule has 0 aliphatic carbocycles. The van der Waals surface area contributed by atoms with Crippen LogP contribution in [0.25, 0.3) is 0 Å². The summed E-state index contributed by atoms with van der Waals surface area (Å²) < 4.78 is 0. The average molecular weight is 392 g/mol. The molecule has 0 atom stereocenters. The van der Waals surface area contributed by atoms with Gasteiger partial charge < -0.3 is 15.1 Å². The zero-order valence-corrected chi connectivity index (χ0v) is 17.2. The molecule has 1 saturated heterocycles. The molecule has 0 spiro atoms. The van der Waals surface area contributed by atoms with E-state index in [1.54, 1.807) is 11.3 Å². The number of aliphatic imine (C=N–C) groups is 1. The van der Waals surface area contributed by atoms with Gasteiger partial charge >= 0.3 is 0 Å². The molecule has 0 unspecified atom stereocenters. The Hall–Kier alpha value is -1.79. The number of halogens is 1. The minimum absolute atomic E-state index is 0.794. The Morgan fingerprint density at radius 1 is 1.27 bits per heavy atom. The van der Waals surface area contributed by atoms with E-state index in [-0.39, 0.29) is 0 Å². The zero-order chi connectivity index (χ0) is 18.5. The molecule has 7 heteroatoms. The Bertz CT molecular complexity index is 765. The Kier molecular flexibility index (Phi) is 6.38. The number of guanidine groups is 1. The van der Waals surface area contributed by atoms with Crippen LogP contribution in [0, 0.1) is 13.8 Å². The lowest BCUT2D eigenvalue weighted by Gasteiger charge is -2.38. The molecule has 0 radical (unpaired) electrons. The Labute approximate surface area is 164 Å². The smallest absolute Gasteiger partial charge is 0.193 e. The quantitative estimate of drug-likeness (QED) is 0.641. The molecular formula is C19H26ClN5S. The summed E-state index contributed by atoms with van der Waals surface area (Å²) in [4.78, 5) is 14.9. The van der Waals surface area contributed by atoms with Crippen molar-refractivity contribution < 1.29 is 0 Å². The summed E-state index contributed by atoms with van der Waals surface area (Å²) in [6.07, 6.45) is 2.87. The summed E-state index contributed by atoms with van der Waals surface area (Å²) in [5.74, 6) is 0.973. The third-order valence-electron chi connectivity index (χ3n) is 4.59. The molecule has 1 N–H and O–H groups in total. The predicted molar refractivity (Wildman–Crippen MR) is 112 cm³/mol. The maximum absolute atomic E-state index is 6.18. The summed E-state index contributed by atoms with van der Waals surface area (Å²) in [6.45, 7) is 8.91. The van der Waals surface area contributed by atoms with E-state index in [1.165, 1.54) is 21.1 Å². The monoisotopic (exact) mass is 391 g/mol. The summed E-state index contributed by atoms with van der Waals surface area (Å²) >= 11 is 7.94. The van der Waals surface area contributed by atoms with Crippen LogP contribution >= 0.6 is 22.9 Å². The standard InChI is InChI=1S/C19H26ClN5S/c1-14-4-5-16(20)12-17(14)24-8-10-25(11-9-24)19(21-3)22-7-6-18-23-13-15(2)26-18/h4-5,12-13H,6-11H2,1-3H3,(H,21,22). The van der Waals surface area contributed by atoms with Gasteiger partial charge in [0.25, 0.3) is 0 Å². The Morgan fingerprint density at radius 2 is 2.04 bits per heavy atom. The second-order valence-corrected chi connectivity index (χ2v) is 8.25. The molecule has 1 fully saturated rings. The maximum Gasteiger partial charge on any atom is 0.193 e. The topological polar surface area (TPSA) is 43.8 Å². The summed E-state index contributed by atoms with van der Waals surface area (Å²) in [6, 6.07) is 6.10. The molecule has 26 heavy (non-hydrogen) atoms. The van der Waals surface area contributed by atoms with Crippen molar-refractivity contribution in [2.45, 2.75) is 20.3 Å². The van der Waals surface area contributed by atoms with Crippen molar-refractivity contribution in [1.29, 1.82) is 0 Å². The largest absolute Gasteiger partial charge is 0.368 e. The van der Waals surface area contributed by atoms with Gasteiger partial charge in [0.1, 0.15) is 0 Å². The van der Waals surface area contributed by atoms with Crippen molar-refractivity contribution in [2.75, 3.05) is 44.7 Å². The minimum Gasteiger partial charge on any atom is -0.368 e. The molecule has 0 saturated carbocycles. The van der Waals surface area contributed by atoms with Crippen LogP contribution in [0.5, 0.6) is 0 Å². The molecule has 1 aromatic carbocycles. The Morgan fingerprint density at radius 3 is 2.69 bits per heavy atom. The van der Waals surface area contributed by atoms with Crippen molar-refractivity contribution in [3.8, 4) is 0 Å². The number of thiazole rings is 1. The second-order valence-electron chi connectivity index (χ2n) is 6.49. The van der Waals surface area contributed by atoms with Gasteiger partial charge in [-0.15, -0.1) is 11.3 Å². The van der Waals surface area contributed by atoms with E-state index >= 15 is 0 Å². The highest BCUT2D eigenvalue weighted by Crippen LogP contribution is 2.25. The number of hydrogen-bond acceptors (Lipinski definition) is 4. The number of nitrogens with zero attached hydrogens (tertiary/aromatic N) is 4. The minimum atomic E-state index is 0.794. The fourth-order valence-electron chi connectivity index (χ4n) is 3.21. The molecule has 140 valence electrons. The number of rotatable bonds is 4. The first-order chi connectivity index (χ1) is 12.6. The van der Waals surface area contributed by atoms with Gasteiger partial charge in [0.05, 0.1) is 5.01 Å². The van der Waals surface area contributed by atoms with E-state index in [1.807, 2.05) is 19.3 Å². The molecule has 5 nitrogen and oxygen atoms in total. The van der Waals surface area contributed by atoms with Gasteiger partial charge in [0, 0.05) is 68.0 Å². The van der Waals surface area contributed by atoms with Crippen LogP contribution in [0.2, 0.25) is 5.02 Å². The molecular weight excluding hydrogens is 366 g/mol. The highest BCUT2D eigenvalue weighted by atomic mass is 35.5. The van der Waals surface area contributed by atoms with Crippen molar-refractivity contribution in [3.05, 3.63) is 44.9 Å². The highest BCUT2D eigenvalue weighted by Gasteiger charge is 2.20. The lowest BCUT2D eigenvalue weighted by molar-refractivity contribution is 0.373. The first kappa shape index (κ1) is 19.0. The van der Waals surface area contributed by atoms with Gasteiger partial charge in [-0.25, -0.2) is 4.98 Å². The molecule has 0 amide bonds. The van der Waals surface area contributed by atoms with Crippen LogP contribution in [0.1, 0.15) is 15.4 Å². The fraction of sp³-hybridized carbons (Fsp3) is 0.474. The normalized spacial score (nSPS) is 15.5. The molecule has 1 aliphatic heterocycles. The van der Waals surface area contributed by atoms with Gasteiger partial charge in [0.15, 0.2) is 5.96 Å². The first-order valence-electron chi connectivity index (χ1n) is 8.95. The van der Waals surface area contributed by atoms with Crippen LogP contribution in [-0.2, 0) is 6.42 Å². The van der Waals surface area contributed by atoms with E-state index in [4.69, 9.17) is 11.6 Å². The van der Waals surface area contributed by atoms with Crippen LogP contribution in [-0.4, -0.2) is 55.6 Å². The zero-order valence-electron chi connectivity index (χ0n) is 15.6. The molecule has 2 aromatic rings. The fourth-order valence-corrected chi connectivity index (χ4v) is 4.17. The van der Waals surface area contributed by atoms with Crippen molar-refractivity contribution >= 4 is 34.6 Å². The number of piperazine rings is 1. The molecule has 2 heterocycles. The summed E-state index contributed by atoms with van der Waals surface area (Å²) in [5, 5.41) is 5.44. The second kappa shape index (κ2) is 8.73. The number of anilines is 1. The van der Waals surface area contributed by atoms with Gasteiger partial charge in [-0.1, -0.05) is 17.7 Å². The summed E-state index contributed by atoms with van der Waals surface area (Å²) in [7, 11) is 1.85. The lowest BCUT2D eigenvalue weighted by atomic mass is 10.1. The van der Waals surface area contributed by atoms with Gasteiger partial charge in [-0.2, -0.15) is 0 Å². The maximum atomic E-state index is 6.18. The molecule has 3 rings (SSSR count). The molecule has 1 aromatic heterocycles. The van der Waals surface area contributed by atoms with Gasteiger partial charge in [-0.3, -0.25) is 4.99 Å². The average Bonchev–Trinajstić information content (AvgIpc) is 3.06. The van der Waals surface area contributed by atoms with Crippen LogP contribution in [0.3, 0.4) is 0 Å². The van der Waals surface area contributed by atoms with Crippen LogP contribution < -0.4 is 10.2 Å². The van der Waals surface area contributed by atoms with E-state index in [2.05, 4.69) is 51.1 Å². The van der Waals surface area contributed by atoms with Gasteiger partial charge in [0.2, 0.25) is 0 Å². The van der Waals surface area contributed by atoms with E-state index in [9.17, 15) is 0 Å².